The van der Waals surface area contributed by atoms with Crippen LogP contribution in [0.3, 0.4) is 0 Å². The van der Waals surface area contributed by atoms with Gasteiger partial charge in [0.2, 0.25) is 0 Å². The normalized spacial score (nSPS) is 22.0. The molecule has 0 N–H and O–H groups in total. The first-order chi connectivity index (χ1) is 22.3. The molecule has 2 aliphatic heterocycles. The fourth-order valence-electron chi connectivity index (χ4n) is 10.8. The van der Waals surface area contributed by atoms with E-state index in [-0.39, 0.29) is 5.41 Å². The lowest BCUT2D eigenvalue weighted by atomic mass is 9.51. The maximum atomic E-state index is 2.67. The summed E-state index contributed by atoms with van der Waals surface area (Å²) in [6, 6.07) is 46.5. The highest BCUT2D eigenvalue weighted by molar-refractivity contribution is 6.17. The minimum Gasteiger partial charge on any atom is -0.309 e. The fraction of sp³-hybridized carbons (Fsp3) is 0.163. The second kappa shape index (κ2) is 7.76. The lowest BCUT2D eigenvalue weighted by Crippen LogP contribution is -2.49. The van der Waals surface area contributed by atoms with Gasteiger partial charge < -0.3 is 9.13 Å². The molecule has 2 heteroatoms. The highest BCUT2D eigenvalue weighted by Crippen LogP contribution is 2.67. The molecular formula is C43H30N2. The van der Waals surface area contributed by atoms with Gasteiger partial charge in [0.1, 0.15) is 0 Å². The van der Waals surface area contributed by atoms with Gasteiger partial charge in [-0.15, -0.1) is 0 Å². The first-order valence-electron chi connectivity index (χ1n) is 16.7. The number of fused-ring (bicyclic) bond motifs is 9. The lowest BCUT2D eigenvalue weighted by Gasteiger charge is -2.53. The fourth-order valence-corrected chi connectivity index (χ4v) is 10.8. The van der Waals surface area contributed by atoms with E-state index < -0.39 is 0 Å². The molecule has 0 bridgehead atoms. The van der Waals surface area contributed by atoms with Crippen LogP contribution < -0.4 is 0 Å². The quantitative estimate of drug-likeness (QED) is 0.185. The third-order valence-corrected chi connectivity index (χ3v) is 12.2. The molecular weight excluding hydrogens is 544 g/mol. The zero-order chi connectivity index (χ0) is 29.0. The Balaban J connectivity index is 1.39. The Labute approximate surface area is 261 Å². The van der Waals surface area contributed by atoms with Crippen LogP contribution in [0.2, 0.25) is 0 Å². The summed E-state index contributed by atoms with van der Waals surface area (Å²) in [7, 11) is 0. The van der Waals surface area contributed by atoms with Crippen molar-refractivity contribution in [1.82, 2.24) is 9.13 Å². The van der Waals surface area contributed by atoms with Crippen LogP contribution in [0.25, 0.3) is 66.1 Å². The van der Waals surface area contributed by atoms with Crippen molar-refractivity contribution in [3.05, 3.63) is 144 Å². The van der Waals surface area contributed by atoms with E-state index in [9.17, 15) is 0 Å². The third kappa shape index (κ3) is 2.49. The number of benzene rings is 6. The van der Waals surface area contributed by atoms with Gasteiger partial charge in [-0.3, -0.25) is 0 Å². The summed E-state index contributed by atoms with van der Waals surface area (Å²) in [5.41, 5.74) is 16.9. The molecule has 6 aromatic carbocycles. The predicted molar refractivity (Wildman–Crippen MR) is 185 cm³/mol. The highest BCUT2D eigenvalue weighted by Gasteiger charge is 2.59. The predicted octanol–water partition coefficient (Wildman–Crippen LogP) is 10.5. The Morgan fingerprint density at radius 2 is 1.24 bits per heavy atom. The molecule has 2 nitrogen and oxygen atoms in total. The molecule has 0 saturated heterocycles. The van der Waals surface area contributed by atoms with Gasteiger partial charge >= 0.3 is 0 Å². The van der Waals surface area contributed by atoms with Crippen LogP contribution in [-0.4, -0.2) is 9.13 Å². The molecule has 4 heterocycles. The molecule has 3 unspecified atom stereocenters. The van der Waals surface area contributed by atoms with Crippen molar-refractivity contribution < 1.29 is 0 Å². The average molecular weight is 575 g/mol. The van der Waals surface area contributed by atoms with Crippen molar-refractivity contribution in [2.24, 2.45) is 11.8 Å². The van der Waals surface area contributed by atoms with Gasteiger partial charge in [0.25, 0.3) is 0 Å². The Morgan fingerprint density at radius 1 is 0.533 bits per heavy atom. The number of hydrogen-bond donors (Lipinski definition) is 0. The van der Waals surface area contributed by atoms with Crippen molar-refractivity contribution in [2.75, 3.05) is 0 Å². The summed E-state index contributed by atoms with van der Waals surface area (Å²) in [5.74, 6) is 1.27. The molecule has 1 spiro atoms. The number of aromatic nitrogens is 2. The molecule has 12 rings (SSSR count). The van der Waals surface area contributed by atoms with Crippen LogP contribution in [0.5, 0.6) is 0 Å². The molecule has 45 heavy (non-hydrogen) atoms. The van der Waals surface area contributed by atoms with Crippen LogP contribution in [0.15, 0.2) is 121 Å². The molecule has 1 fully saturated rings. The van der Waals surface area contributed by atoms with E-state index in [1.54, 1.807) is 16.7 Å². The van der Waals surface area contributed by atoms with Crippen LogP contribution in [0, 0.1) is 11.8 Å². The van der Waals surface area contributed by atoms with Gasteiger partial charge in [-0.2, -0.15) is 0 Å². The number of nitrogens with zero attached hydrogens (tertiary/aromatic N) is 2. The Kier molecular flexibility index (Phi) is 4.02. The van der Waals surface area contributed by atoms with E-state index in [0.29, 0.717) is 11.8 Å². The standard InChI is InChI=1S/C43H30N2/c1-2-10-25(11-3-1)27-23-28-22-26-12-8-16-33(26)43-34-17-9-15-31-29-13-4-6-18-35(29)44(41(31)34)37-21-20-32-30-14-5-7-19-36(30)45(42(32)40(37)43)38(24-27)39(28)43/h1-7,9-11,13-15,17-21,23-24,26,33H,8,12,16,22H2. The topological polar surface area (TPSA) is 9.86 Å². The average Bonchev–Trinajstić information content (AvgIpc) is 3.80. The monoisotopic (exact) mass is 574 g/mol. The molecule has 3 atom stereocenters. The summed E-state index contributed by atoms with van der Waals surface area (Å²) in [6.45, 7) is 0. The van der Waals surface area contributed by atoms with Crippen LogP contribution >= 0.6 is 0 Å². The van der Waals surface area contributed by atoms with Crippen LogP contribution in [0.4, 0.5) is 0 Å². The van der Waals surface area contributed by atoms with Gasteiger partial charge in [-0.05, 0) is 83.2 Å². The van der Waals surface area contributed by atoms with Crippen molar-refractivity contribution in [3.8, 4) is 22.5 Å². The number of para-hydroxylation sites is 3. The van der Waals surface area contributed by atoms with E-state index in [2.05, 4.69) is 130 Å². The van der Waals surface area contributed by atoms with Crippen LogP contribution in [0.1, 0.15) is 41.5 Å². The Morgan fingerprint density at radius 3 is 2.07 bits per heavy atom. The van der Waals surface area contributed by atoms with Crippen LogP contribution in [-0.2, 0) is 11.8 Å². The smallest absolute Gasteiger partial charge is 0.0606 e. The maximum Gasteiger partial charge on any atom is 0.0606 e. The van der Waals surface area contributed by atoms with E-state index in [4.69, 9.17) is 0 Å². The van der Waals surface area contributed by atoms with Crippen molar-refractivity contribution in [3.63, 3.8) is 0 Å². The molecule has 1 saturated carbocycles. The molecule has 8 aromatic rings. The molecule has 212 valence electrons. The third-order valence-electron chi connectivity index (χ3n) is 12.2. The van der Waals surface area contributed by atoms with E-state index >= 15 is 0 Å². The van der Waals surface area contributed by atoms with Crippen molar-refractivity contribution in [2.45, 2.75) is 31.1 Å². The van der Waals surface area contributed by atoms with Gasteiger partial charge in [0.15, 0.2) is 0 Å². The summed E-state index contributed by atoms with van der Waals surface area (Å²) in [6.07, 6.45) is 5.11. The first-order valence-corrected chi connectivity index (χ1v) is 16.7. The Hall–Kier alpha value is -5.08. The SMILES string of the molecule is c1ccc(-c2cc3c4c(c2)-n2c5ccccc5c5ccc6c(c52)C4(c2cccc4c5ccccc5n-6c24)C2CCCC2C3)cc1. The second-order valence-electron chi connectivity index (χ2n) is 14.0. The van der Waals surface area contributed by atoms with E-state index in [1.807, 2.05) is 0 Å². The zero-order valence-electron chi connectivity index (χ0n) is 24.9. The summed E-state index contributed by atoms with van der Waals surface area (Å²) < 4.78 is 5.29. The lowest BCUT2D eigenvalue weighted by molar-refractivity contribution is 0.260. The van der Waals surface area contributed by atoms with Gasteiger partial charge in [-0.1, -0.05) is 103 Å². The molecule has 2 aliphatic carbocycles. The Bertz CT molecular complexity index is 2620. The summed E-state index contributed by atoms with van der Waals surface area (Å²) >= 11 is 0. The molecule has 0 amide bonds. The molecule has 2 aromatic heterocycles. The molecule has 0 radical (unpaired) electrons. The molecule has 4 aliphatic rings. The highest BCUT2D eigenvalue weighted by atomic mass is 15.1. The second-order valence-corrected chi connectivity index (χ2v) is 14.0. The minimum absolute atomic E-state index is 0.178. The maximum absolute atomic E-state index is 2.67. The van der Waals surface area contributed by atoms with Crippen molar-refractivity contribution >= 4 is 43.6 Å². The van der Waals surface area contributed by atoms with E-state index in [1.165, 1.54) is 97.4 Å². The zero-order valence-corrected chi connectivity index (χ0v) is 24.9. The summed E-state index contributed by atoms with van der Waals surface area (Å²) in [4.78, 5) is 0. The number of rotatable bonds is 1. The summed E-state index contributed by atoms with van der Waals surface area (Å²) in [5, 5.41) is 5.48. The van der Waals surface area contributed by atoms with Gasteiger partial charge in [0, 0.05) is 27.1 Å². The number of hydrogen-bond acceptors (Lipinski definition) is 0. The minimum atomic E-state index is -0.178. The van der Waals surface area contributed by atoms with Crippen molar-refractivity contribution in [1.29, 1.82) is 0 Å². The first kappa shape index (κ1) is 23.3. The van der Waals surface area contributed by atoms with E-state index in [0.717, 1.165) is 0 Å². The van der Waals surface area contributed by atoms with Gasteiger partial charge in [0.05, 0.1) is 38.9 Å². The largest absolute Gasteiger partial charge is 0.309 e. The van der Waals surface area contributed by atoms with Gasteiger partial charge in [-0.25, -0.2) is 0 Å².